The summed E-state index contributed by atoms with van der Waals surface area (Å²) in [6.07, 6.45) is 0. The molecule has 2 nitrogen and oxygen atoms in total. The first kappa shape index (κ1) is 13.8. The summed E-state index contributed by atoms with van der Waals surface area (Å²) in [4.78, 5) is 7.44. The zero-order chi connectivity index (χ0) is 14.2. The van der Waals surface area contributed by atoms with Crippen molar-refractivity contribution in [2.75, 3.05) is 0 Å². The maximum absolute atomic E-state index is 13.3. The number of nitrogens with one attached hydrogen (secondary N) is 1. The molecule has 5 heteroatoms. The van der Waals surface area contributed by atoms with Gasteiger partial charge in [0.15, 0.2) is 11.6 Å². The van der Waals surface area contributed by atoms with Crippen molar-refractivity contribution in [3.8, 4) is 11.3 Å². The summed E-state index contributed by atoms with van der Waals surface area (Å²) >= 11 is 5.21. The van der Waals surface area contributed by atoms with Gasteiger partial charge in [0.25, 0.3) is 0 Å². The standard InChI is InChI=1S/C14H14F2N2S/c1-7(2)13-17-12(8(3)14(19)18-13)9-4-5-10(15)11(16)6-9/h4-7H,1-3H3,(H,17,18,19). The fraction of sp³-hybridized carbons (Fsp3) is 0.286. The summed E-state index contributed by atoms with van der Waals surface area (Å²) in [5.74, 6) is -0.834. The van der Waals surface area contributed by atoms with Crippen LogP contribution in [0.2, 0.25) is 0 Å². The predicted octanol–water partition coefficient (Wildman–Crippen LogP) is 4.52. The highest BCUT2D eigenvalue weighted by Gasteiger charge is 2.11. The van der Waals surface area contributed by atoms with Crippen molar-refractivity contribution in [2.24, 2.45) is 0 Å². The highest BCUT2D eigenvalue weighted by Crippen LogP contribution is 2.25. The van der Waals surface area contributed by atoms with Gasteiger partial charge in [-0.15, -0.1) is 0 Å². The number of rotatable bonds is 2. The lowest BCUT2D eigenvalue weighted by molar-refractivity contribution is 0.509. The van der Waals surface area contributed by atoms with E-state index in [1.54, 1.807) is 0 Å². The molecular weight excluding hydrogens is 266 g/mol. The number of aromatic nitrogens is 2. The molecule has 0 unspecified atom stereocenters. The van der Waals surface area contributed by atoms with Crippen LogP contribution in [0.4, 0.5) is 8.78 Å². The molecule has 19 heavy (non-hydrogen) atoms. The maximum Gasteiger partial charge on any atom is 0.159 e. The Labute approximate surface area is 115 Å². The molecule has 1 aromatic carbocycles. The van der Waals surface area contributed by atoms with E-state index in [1.807, 2.05) is 20.8 Å². The van der Waals surface area contributed by atoms with Gasteiger partial charge in [0.2, 0.25) is 0 Å². The van der Waals surface area contributed by atoms with Gasteiger partial charge in [-0.3, -0.25) is 0 Å². The Morgan fingerprint density at radius 1 is 1.21 bits per heavy atom. The molecule has 0 aliphatic rings. The highest BCUT2D eigenvalue weighted by atomic mass is 32.1. The quantitative estimate of drug-likeness (QED) is 0.819. The van der Waals surface area contributed by atoms with Crippen molar-refractivity contribution >= 4 is 12.2 Å². The van der Waals surface area contributed by atoms with E-state index in [0.29, 0.717) is 15.9 Å². The highest BCUT2D eigenvalue weighted by molar-refractivity contribution is 7.71. The molecule has 2 rings (SSSR count). The topological polar surface area (TPSA) is 28.7 Å². The minimum Gasteiger partial charge on any atom is -0.343 e. The van der Waals surface area contributed by atoms with Crippen molar-refractivity contribution < 1.29 is 8.78 Å². The number of hydrogen-bond acceptors (Lipinski definition) is 2. The number of H-pyrrole nitrogens is 1. The van der Waals surface area contributed by atoms with E-state index in [0.717, 1.165) is 23.5 Å². The second-order valence-corrected chi connectivity index (χ2v) is 5.10. The monoisotopic (exact) mass is 280 g/mol. The number of nitrogens with zero attached hydrogens (tertiary/aromatic N) is 1. The van der Waals surface area contributed by atoms with Crippen molar-refractivity contribution in [2.45, 2.75) is 26.7 Å². The summed E-state index contributed by atoms with van der Waals surface area (Å²) in [5, 5.41) is 0. The van der Waals surface area contributed by atoms with Crippen LogP contribution in [0.25, 0.3) is 11.3 Å². The Kier molecular flexibility index (Phi) is 3.75. The van der Waals surface area contributed by atoms with Gasteiger partial charge >= 0.3 is 0 Å². The Balaban J connectivity index is 2.67. The van der Waals surface area contributed by atoms with Gasteiger partial charge in [-0.1, -0.05) is 26.1 Å². The fourth-order valence-corrected chi connectivity index (χ4v) is 1.96. The van der Waals surface area contributed by atoms with Crippen molar-refractivity contribution in [3.05, 3.63) is 45.9 Å². The molecule has 0 spiro atoms. The van der Waals surface area contributed by atoms with E-state index in [1.165, 1.54) is 6.07 Å². The minimum atomic E-state index is -0.876. The summed E-state index contributed by atoms with van der Waals surface area (Å²) in [5.41, 5.74) is 2.00. The third-order valence-corrected chi connectivity index (χ3v) is 3.32. The zero-order valence-corrected chi connectivity index (χ0v) is 11.7. The van der Waals surface area contributed by atoms with Crippen LogP contribution >= 0.6 is 12.2 Å². The van der Waals surface area contributed by atoms with Crippen molar-refractivity contribution in [1.29, 1.82) is 0 Å². The third-order valence-electron chi connectivity index (χ3n) is 2.93. The van der Waals surface area contributed by atoms with Gasteiger partial charge < -0.3 is 4.98 Å². The zero-order valence-electron chi connectivity index (χ0n) is 10.9. The second-order valence-electron chi connectivity index (χ2n) is 4.71. The van der Waals surface area contributed by atoms with Gasteiger partial charge in [0.05, 0.1) is 5.69 Å². The molecule has 0 radical (unpaired) electrons. The number of halogens is 2. The molecule has 0 amide bonds. The second kappa shape index (κ2) is 5.17. The van der Waals surface area contributed by atoms with Gasteiger partial charge in [-0.05, 0) is 25.1 Å². The summed E-state index contributed by atoms with van der Waals surface area (Å²) in [6.45, 7) is 5.78. The molecule has 0 bridgehead atoms. The number of hydrogen-bond donors (Lipinski definition) is 1. The summed E-state index contributed by atoms with van der Waals surface area (Å²) in [7, 11) is 0. The molecule has 0 aliphatic heterocycles. The van der Waals surface area contributed by atoms with E-state index in [2.05, 4.69) is 9.97 Å². The molecular formula is C14H14F2N2S. The molecule has 0 aliphatic carbocycles. The minimum absolute atomic E-state index is 0.173. The normalized spacial score (nSPS) is 11.1. The Hall–Kier alpha value is -1.62. The van der Waals surface area contributed by atoms with Crippen LogP contribution < -0.4 is 0 Å². The largest absolute Gasteiger partial charge is 0.343 e. The Bertz CT molecular complexity index is 678. The molecule has 2 aromatic rings. The van der Waals surface area contributed by atoms with Crippen LogP contribution in [-0.4, -0.2) is 9.97 Å². The third kappa shape index (κ3) is 2.71. The van der Waals surface area contributed by atoms with Crippen LogP contribution in [0, 0.1) is 23.2 Å². The Morgan fingerprint density at radius 3 is 2.47 bits per heavy atom. The van der Waals surface area contributed by atoms with Crippen molar-refractivity contribution in [3.63, 3.8) is 0 Å². The van der Waals surface area contributed by atoms with Crippen LogP contribution in [0.5, 0.6) is 0 Å². The van der Waals surface area contributed by atoms with Gasteiger partial charge in [0.1, 0.15) is 10.5 Å². The van der Waals surface area contributed by atoms with E-state index >= 15 is 0 Å². The fourth-order valence-electron chi connectivity index (χ4n) is 1.76. The van der Waals surface area contributed by atoms with Gasteiger partial charge in [-0.25, -0.2) is 13.8 Å². The lowest BCUT2D eigenvalue weighted by Crippen LogP contribution is -2.02. The average Bonchev–Trinajstić information content (AvgIpc) is 2.35. The smallest absolute Gasteiger partial charge is 0.159 e. The van der Waals surface area contributed by atoms with Crippen LogP contribution in [0.15, 0.2) is 18.2 Å². The number of aromatic amines is 1. The molecule has 0 fully saturated rings. The molecule has 1 heterocycles. The Morgan fingerprint density at radius 2 is 1.89 bits per heavy atom. The van der Waals surface area contributed by atoms with E-state index < -0.39 is 11.6 Å². The molecule has 0 saturated heterocycles. The average molecular weight is 280 g/mol. The number of benzene rings is 1. The predicted molar refractivity (Wildman–Crippen MR) is 73.6 cm³/mol. The summed E-state index contributed by atoms with van der Waals surface area (Å²) in [6, 6.07) is 3.79. The van der Waals surface area contributed by atoms with Crippen LogP contribution in [0.1, 0.15) is 31.2 Å². The molecule has 0 saturated carbocycles. The van der Waals surface area contributed by atoms with E-state index in [4.69, 9.17) is 12.2 Å². The molecule has 0 atom stereocenters. The maximum atomic E-state index is 13.3. The SMILES string of the molecule is Cc1c(-c2ccc(F)c(F)c2)[nH]c(C(C)C)nc1=S. The molecule has 1 N–H and O–H groups in total. The van der Waals surface area contributed by atoms with Gasteiger partial charge in [0, 0.05) is 17.0 Å². The first-order chi connectivity index (χ1) is 8.90. The van der Waals surface area contributed by atoms with Crippen LogP contribution in [0.3, 0.4) is 0 Å². The first-order valence-electron chi connectivity index (χ1n) is 5.96. The molecule has 100 valence electrons. The van der Waals surface area contributed by atoms with E-state index in [-0.39, 0.29) is 5.92 Å². The lowest BCUT2D eigenvalue weighted by Gasteiger charge is -2.12. The van der Waals surface area contributed by atoms with Crippen LogP contribution in [-0.2, 0) is 0 Å². The first-order valence-corrected chi connectivity index (χ1v) is 6.37. The molecule has 1 aromatic heterocycles. The lowest BCUT2D eigenvalue weighted by atomic mass is 10.1. The van der Waals surface area contributed by atoms with Gasteiger partial charge in [-0.2, -0.15) is 0 Å². The van der Waals surface area contributed by atoms with E-state index in [9.17, 15) is 8.78 Å². The van der Waals surface area contributed by atoms with Crippen molar-refractivity contribution in [1.82, 2.24) is 9.97 Å². The summed E-state index contributed by atoms with van der Waals surface area (Å²) < 4.78 is 26.8.